The van der Waals surface area contributed by atoms with Gasteiger partial charge in [-0.05, 0) is 61.3 Å². The van der Waals surface area contributed by atoms with E-state index in [1.165, 1.54) is 36.8 Å². The maximum absolute atomic E-state index is 15.3. The Morgan fingerprint density at radius 1 is 1.05 bits per heavy atom. The number of pyridine rings is 1. The molecule has 3 aromatic heterocycles. The Labute approximate surface area is 240 Å². The number of amides is 1. The van der Waals surface area contributed by atoms with Crippen molar-refractivity contribution < 1.29 is 23.0 Å². The van der Waals surface area contributed by atoms with Gasteiger partial charge in [-0.1, -0.05) is 6.92 Å². The molecule has 5 rings (SSSR count). The van der Waals surface area contributed by atoms with Crippen molar-refractivity contribution in [3.8, 4) is 28.6 Å². The average Bonchev–Trinajstić information content (AvgIpc) is 3.45. The highest BCUT2D eigenvalue weighted by atomic mass is 19.2. The summed E-state index contributed by atoms with van der Waals surface area (Å²) in [6.45, 7) is 2.92. The molecule has 0 radical (unpaired) electrons. The molecule has 0 saturated heterocycles. The Morgan fingerprint density at radius 3 is 2.64 bits per heavy atom. The minimum absolute atomic E-state index is 0.00990. The fourth-order valence-electron chi connectivity index (χ4n) is 4.37. The van der Waals surface area contributed by atoms with E-state index in [0.29, 0.717) is 60.2 Å². The molecule has 0 bridgehead atoms. The maximum atomic E-state index is 15.3. The average molecular weight is 574 g/mol. The molecule has 0 aliphatic carbocycles. The van der Waals surface area contributed by atoms with E-state index in [1.807, 2.05) is 13.0 Å². The van der Waals surface area contributed by atoms with E-state index in [2.05, 4.69) is 25.6 Å². The number of aryl methyl sites for hydroxylation is 1. The first-order valence-corrected chi connectivity index (χ1v) is 13.3. The van der Waals surface area contributed by atoms with E-state index in [0.717, 1.165) is 5.56 Å². The number of nitrogens with one attached hydrogen (secondary N) is 2. The highest BCUT2D eigenvalue weighted by Gasteiger charge is 2.20. The number of ether oxygens (including phenoxy) is 2. The lowest BCUT2D eigenvalue weighted by Gasteiger charge is -2.12. The summed E-state index contributed by atoms with van der Waals surface area (Å²) in [5.74, 6) is -1.74. The van der Waals surface area contributed by atoms with Crippen LogP contribution < -0.4 is 25.8 Å². The number of carbonyl (C=O) groups is 1. The van der Waals surface area contributed by atoms with Crippen LogP contribution in [0.2, 0.25) is 0 Å². The van der Waals surface area contributed by atoms with E-state index >= 15 is 8.78 Å². The van der Waals surface area contributed by atoms with Crippen LogP contribution in [0, 0.1) is 11.6 Å². The molecule has 0 saturated carbocycles. The Hall–Kier alpha value is -5.10. The lowest BCUT2D eigenvalue weighted by atomic mass is 10.0. The fourth-order valence-corrected chi connectivity index (χ4v) is 4.37. The summed E-state index contributed by atoms with van der Waals surface area (Å²) in [4.78, 5) is 25.0. The zero-order valence-corrected chi connectivity index (χ0v) is 23.0. The van der Waals surface area contributed by atoms with Crippen molar-refractivity contribution in [2.45, 2.75) is 19.8 Å². The van der Waals surface area contributed by atoms with Crippen molar-refractivity contribution in [3.05, 3.63) is 90.0 Å². The van der Waals surface area contributed by atoms with E-state index in [-0.39, 0.29) is 23.1 Å². The normalized spacial score (nSPS) is 11.0. The topological polar surface area (TPSA) is 129 Å². The second-order valence-electron chi connectivity index (χ2n) is 9.21. The second kappa shape index (κ2) is 12.6. The van der Waals surface area contributed by atoms with Gasteiger partial charge < -0.3 is 25.8 Å². The lowest BCUT2D eigenvalue weighted by Crippen LogP contribution is -2.19. The molecular formula is C30H29F2N7O3. The Balaban J connectivity index is 1.39. The van der Waals surface area contributed by atoms with Crippen LogP contribution >= 0.6 is 0 Å². The molecular weight excluding hydrogens is 544 g/mol. The van der Waals surface area contributed by atoms with Crippen molar-refractivity contribution in [3.63, 3.8) is 0 Å². The molecule has 12 heteroatoms. The molecule has 1 amide bonds. The smallest absolute Gasteiger partial charge is 0.251 e. The van der Waals surface area contributed by atoms with Crippen LogP contribution in [0.15, 0.2) is 67.3 Å². The first kappa shape index (κ1) is 28.4. The molecule has 2 aromatic carbocycles. The van der Waals surface area contributed by atoms with Gasteiger partial charge in [0.15, 0.2) is 23.0 Å². The van der Waals surface area contributed by atoms with Crippen LogP contribution in [0.1, 0.15) is 29.3 Å². The first-order chi connectivity index (χ1) is 20.4. The van der Waals surface area contributed by atoms with Crippen LogP contribution in [0.5, 0.6) is 17.4 Å². The van der Waals surface area contributed by atoms with Gasteiger partial charge in [-0.3, -0.25) is 9.20 Å². The predicted molar refractivity (Wildman–Crippen MR) is 154 cm³/mol. The number of nitrogens with two attached hydrogens (primary N) is 1. The first-order valence-electron chi connectivity index (χ1n) is 13.3. The van der Waals surface area contributed by atoms with Gasteiger partial charge >= 0.3 is 0 Å². The summed E-state index contributed by atoms with van der Waals surface area (Å²) < 4.78 is 43.1. The van der Waals surface area contributed by atoms with Crippen LogP contribution in [-0.2, 0) is 6.42 Å². The van der Waals surface area contributed by atoms with Gasteiger partial charge in [-0.15, -0.1) is 0 Å². The number of benzene rings is 2. The standard InChI is InChI=1S/C30H29F2N7O3/c1-3-18-15-19(5-7-21(18)30(40)34-2)38-28-29-37-17-23(39(29)13-12-35-28)22-8-9-24(27(32)26(22)31)42-25-10-6-20(16-36-25)41-14-4-11-33/h5-10,12-13,15-17H,3-4,11,14,33H2,1-2H3,(H,34,40)(H,35,38). The minimum atomic E-state index is -1.16. The third-order valence-corrected chi connectivity index (χ3v) is 6.51. The van der Waals surface area contributed by atoms with Crippen molar-refractivity contribution in [2.24, 2.45) is 5.73 Å². The third kappa shape index (κ3) is 5.84. The van der Waals surface area contributed by atoms with E-state index in [4.69, 9.17) is 15.2 Å². The molecule has 0 spiro atoms. The lowest BCUT2D eigenvalue weighted by molar-refractivity contribution is 0.0962. The molecule has 0 aliphatic heterocycles. The number of carbonyl (C=O) groups excluding carboxylic acids is 1. The maximum Gasteiger partial charge on any atom is 0.251 e. The number of imidazole rings is 1. The summed E-state index contributed by atoms with van der Waals surface area (Å²) in [6.07, 6.45) is 7.37. The minimum Gasteiger partial charge on any atom is -0.492 e. The SMILES string of the molecule is CCc1cc(Nc2nccn3c(-c4ccc(Oc5ccc(OCCCN)cn5)c(F)c4F)cnc23)ccc1C(=O)NC. The number of aromatic nitrogens is 4. The van der Waals surface area contributed by atoms with Gasteiger partial charge in [0.1, 0.15) is 5.75 Å². The van der Waals surface area contributed by atoms with Crippen molar-refractivity contribution in [1.82, 2.24) is 24.7 Å². The van der Waals surface area contributed by atoms with E-state index in [1.54, 1.807) is 35.8 Å². The van der Waals surface area contributed by atoms with Gasteiger partial charge in [0.25, 0.3) is 5.91 Å². The number of fused-ring (bicyclic) bond motifs is 1. The molecule has 5 aromatic rings. The Kier molecular flexibility index (Phi) is 8.53. The molecule has 0 fully saturated rings. The molecule has 0 unspecified atom stereocenters. The molecule has 4 N–H and O–H groups in total. The third-order valence-electron chi connectivity index (χ3n) is 6.51. The molecule has 0 atom stereocenters. The zero-order valence-electron chi connectivity index (χ0n) is 23.0. The van der Waals surface area contributed by atoms with Crippen molar-refractivity contribution >= 4 is 23.1 Å². The predicted octanol–water partition coefficient (Wildman–Crippen LogP) is 5.26. The van der Waals surface area contributed by atoms with Crippen LogP contribution in [0.3, 0.4) is 0 Å². The van der Waals surface area contributed by atoms with Gasteiger partial charge in [0.05, 0.1) is 24.7 Å². The van der Waals surface area contributed by atoms with Gasteiger partial charge in [0.2, 0.25) is 11.7 Å². The second-order valence-corrected chi connectivity index (χ2v) is 9.21. The van der Waals surface area contributed by atoms with Crippen LogP contribution in [-0.4, -0.2) is 45.5 Å². The van der Waals surface area contributed by atoms with E-state index in [9.17, 15) is 4.79 Å². The monoisotopic (exact) mass is 573 g/mol. The van der Waals surface area contributed by atoms with Crippen molar-refractivity contribution in [1.29, 1.82) is 0 Å². The van der Waals surface area contributed by atoms with Gasteiger partial charge in [-0.2, -0.15) is 4.39 Å². The summed E-state index contributed by atoms with van der Waals surface area (Å²) >= 11 is 0. The molecule has 216 valence electrons. The molecule has 42 heavy (non-hydrogen) atoms. The molecule has 3 heterocycles. The Bertz CT molecular complexity index is 1720. The number of anilines is 2. The number of nitrogens with zero attached hydrogens (tertiary/aromatic N) is 4. The summed E-state index contributed by atoms with van der Waals surface area (Å²) in [6, 6.07) is 11.2. The zero-order chi connectivity index (χ0) is 29.6. The quantitative estimate of drug-likeness (QED) is 0.183. The number of hydrogen-bond acceptors (Lipinski definition) is 8. The van der Waals surface area contributed by atoms with Gasteiger partial charge in [-0.25, -0.2) is 19.3 Å². The molecule has 0 aliphatic rings. The largest absolute Gasteiger partial charge is 0.492 e. The number of halogens is 2. The fraction of sp³-hybridized carbons (Fsp3) is 0.200. The summed E-state index contributed by atoms with van der Waals surface area (Å²) in [5.41, 5.74) is 8.31. The van der Waals surface area contributed by atoms with Gasteiger partial charge in [0, 0.05) is 42.3 Å². The highest BCUT2D eigenvalue weighted by Crippen LogP contribution is 2.33. The van der Waals surface area contributed by atoms with Crippen LogP contribution in [0.4, 0.5) is 20.3 Å². The summed E-state index contributed by atoms with van der Waals surface area (Å²) in [5, 5.41) is 5.86. The summed E-state index contributed by atoms with van der Waals surface area (Å²) in [7, 11) is 1.58. The highest BCUT2D eigenvalue weighted by molar-refractivity contribution is 5.96. The van der Waals surface area contributed by atoms with Crippen LogP contribution in [0.25, 0.3) is 16.9 Å². The van der Waals surface area contributed by atoms with Crippen molar-refractivity contribution in [2.75, 3.05) is 25.5 Å². The van der Waals surface area contributed by atoms with E-state index < -0.39 is 11.6 Å². The number of hydrogen-bond donors (Lipinski definition) is 3. The number of rotatable bonds is 11. The Morgan fingerprint density at radius 2 is 1.90 bits per heavy atom. The molecule has 10 nitrogen and oxygen atoms in total.